The Morgan fingerprint density at radius 1 is 1.17 bits per heavy atom. The molecule has 0 unspecified atom stereocenters. The van der Waals surface area contributed by atoms with Crippen LogP contribution in [-0.4, -0.2) is 22.5 Å². The minimum Gasteiger partial charge on any atom is -0.481 e. The third-order valence-corrected chi connectivity index (χ3v) is 4.40. The average Bonchev–Trinajstić information content (AvgIpc) is 3.17. The minimum absolute atomic E-state index is 0.0462. The summed E-state index contributed by atoms with van der Waals surface area (Å²) in [6.45, 7) is 0. The summed E-state index contributed by atoms with van der Waals surface area (Å²) in [7, 11) is 0. The van der Waals surface area contributed by atoms with E-state index in [1.165, 1.54) is 18.2 Å². The van der Waals surface area contributed by atoms with Crippen LogP contribution in [0.1, 0.15) is 42.7 Å². The third kappa shape index (κ3) is 3.32. The lowest BCUT2D eigenvalue weighted by atomic mass is 9.93. The number of benzene rings is 1. The summed E-state index contributed by atoms with van der Waals surface area (Å²) in [5.74, 6) is -1.54. The van der Waals surface area contributed by atoms with E-state index in [9.17, 15) is 14.0 Å². The van der Waals surface area contributed by atoms with E-state index in [0.717, 1.165) is 12.8 Å². The van der Waals surface area contributed by atoms with E-state index in [4.69, 9.17) is 9.52 Å². The number of carbonyl (C=O) groups is 2. The van der Waals surface area contributed by atoms with Gasteiger partial charge in [-0.2, -0.15) is 0 Å². The largest absolute Gasteiger partial charge is 0.481 e. The van der Waals surface area contributed by atoms with E-state index in [-0.39, 0.29) is 23.5 Å². The average molecular weight is 331 g/mol. The van der Waals surface area contributed by atoms with Gasteiger partial charge in [0.25, 0.3) is 5.91 Å². The van der Waals surface area contributed by atoms with Gasteiger partial charge in [-0.3, -0.25) is 9.59 Å². The Balaban J connectivity index is 1.79. The number of aliphatic carboxylic acids is 1. The molecule has 0 atom stereocenters. The van der Waals surface area contributed by atoms with Crippen molar-refractivity contribution in [2.24, 2.45) is 0 Å². The smallest absolute Gasteiger partial charge is 0.305 e. The molecule has 3 rings (SSSR count). The molecular formula is C18H18FNO4. The van der Waals surface area contributed by atoms with Gasteiger partial charge in [-0.05, 0) is 37.1 Å². The minimum atomic E-state index is -0.941. The Hall–Kier alpha value is -2.63. The lowest BCUT2D eigenvalue weighted by Gasteiger charge is -2.28. The van der Waals surface area contributed by atoms with Crippen molar-refractivity contribution in [2.75, 3.05) is 0 Å². The van der Waals surface area contributed by atoms with Crippen LogP contribution in [0.25, 0.3) is 11.3 Å². The summed E-state index contributed by atoms with van der Waals surface area (Å²) in [6.07, 6.45) is 2.91. The SMILES string of the molecule is O=C(O)CC1(NC(=O)c2ccc(-c3ccccc3F)o2)CCCC1. The van der Waals surface area contributed by atoms with E-state index in [1.54, 1.807) is 18.2 Å². The molecule has 126 valence electrons. The first-order valence-corrected chi connectivity index (χ1v) is 7.88. The van der Waals surface area contributed by atoms with Crippen LogP contribution in [0.15, 0.2) is 40.8 Å². The van der Waals surface area contributed by atoms with Gasteiger partial charge in [0, 0.05) is 0 Å². The van der Waals surface area contributed by atoms with Crippen molar-refractivity contribution in [1.29, 1.82) is 0 Å². The Morgan fingerprint density at radius 2 is 1.88 bits per heavy atom. The molecule has 2 aromatic rings. The van der Waals surface area contributed by atoms with Crippen LogP contribution in [0.4, 0.5) is 4.39 Å². The molecule has 1 amide bonds. The van der Waals surface area contributed by atoms with Crippen LogP contribution in [0.3, 0.4) is 0 Å². The highest BCUT2D eigenvalue weighted by atomic mass is 19.1. The van der Waals surface area contributed by atoms with Crippen molar-refractivity contribution in [3.63, 3.8) is 0 Å². The molecular weight excluding hydrogens is 313 g/mol. The fourth-order valence-electron chi connectivity index (χ4n) is 3.26. The van der Waals surface area contributed by atoms with Gasteiger partial charge in [0.05, 0.1) is 17.5 Å². The number of nitrogens with one attached hydrogen (secondary N) is 1. The summed E-state index contributed by atoms with van der Waals surface area (Å²) in [5.41, 5.74) is -0.453. The standard InChI is InChI=1S/C18H18FNO4/c19-13-6-2-1-5-12(13)14-7-8-15(24-14)17(23)20-18(11-16(21)22)9-3-4-10-18/h1-2,5-8H,3-4,9-11H2,(H,20,23)(H,21,22). The summed E-state index contributed by atoms with van der Waals surface area (Å²) >= 11 is 0. The molecule has 1 aromatic carbocycles. The normalized spacial score (nSPS) is 16.0. The second kappa shape index (κ2) is 6.47. The van der Waals surface area contributed by atoms with Crippen LogP contribution < -0.4 is 5.32 Å². The molecule has 24 heavy (non-hydrogen) atoms. The van der Waals surface area contributed by atoms with Crippen molar-refractivity contribution in [1.82, 2.24) is 5.32 Å². The fraction of sp³-hybridized carbons (Fsp3) is 0.333. The molecule has 1 aliphatic rings. The zero-order valence-corrected chi connectivity index (χ0v) is 13.0. The van der Waals surface area contributed by atoms with E-state index in [0.29, 0.717) is 12.8 Å². The maximum Gasteiger partial charge on any atom is 0.305 e. The zero-order valence-electron chi connectivity index (χ0n) is 13.0. The van der Waals surface area contributed by atoms with E-state index < -0.39 is 23.2 Å². The summed E-state index contributed by atoms with van der Waals surface area (Å²) < 4.78 is 19.3. The predicted molar refractivity (Wildman–Crippen MR) is 85.0 cm³/mol. The van der Waals surface area contributed by atoms with Crippen molar-refractivity contribution in [2.45, 2.75) is 37.6 Å². The second-order valence-corrected chi connectivity index (χ2v) is 6.16. The van der Waals surface area contributed by atoms with E-state index >= 15 is 0 Å². The first-order valence-electron chi connectivity index (χ1n) is 7.88. The number of hydrogen-bond donors (Lipinski definition) is 2. The number of amides is 1. The van der Waals surface area contributed by atoms with Crippen LogP contribution in [0.5, 0.6) is 0 Å². The Kier molecular flexibility index (Phi) is 4.38. The van der Waals surface area contributed by atoms with Gasteiger partial charge < -0.3 is 14.8 Å². The molecule has 0 saturated heterocycles. The Bertz CT molecular complexity index is 762. The van der Waals surface area contributed by atoms with Gasteiger partial charge in [-0.1, -0.05) is 25.0 Å². The number of carboxylic acids is 1. The van der Waals surface area contributed by atoms with Crippen LogP contribution in [0.2, 0.25) is 0 Å². The lowest BCUT2D eigenvalue weighted by molar-refractivity contribution is -0.138. The maximum atomic E-state index is 13.8. The molecule has 1 heterocycles. The van der Waals surface area contributed by atoms with Crippen LogP contribution >= 0.6 is 0 Å². The third-order valence-electron chi connectivity index (χ3n) is 4.40. The molecule has 0 aliphatic heterocycles. The Morgan fingerprint density at radius 3 is 2.54 bits per heavy atom. The van der Waals surface area contributed by atoms with Gasteiger partial charge in [0.1, 0.15) is 11.6 Å². The number of hydrogen-bond acceptors (Lipinski definition) is 3. The Labute approximate surface area is 138 Å². The molecule has 1 aromatic heterocycles. The number of carboxylic acid groups (broad SMARTS) is 1. The van der Waals surface area contributed by atoms with Gasteiger partial charge in [-0.25, -0.2) is 4.39 Å². The molecule has 0 spiro atoms. The highest BCUT2D eigenvalue weighted by Gasteiger charge is 2.38. The molecule has 2 N–H and O–H groups in total. The van der Waals surface area contributed by atoms with E-state index in [1.807, 2.05) is 0 Å². The summed E-state index contributed by atoms with van der Waals surface area (Å²) in [6, 6.07) is 9.15. The highest BCUT2D eigenvalue weighted by molar-refractivity contribution is 5.93. The topological polar surface area (TPSA) is 79.5 Å². The van der Waals surface area contributed by atoms with E-state index in [2.05, 4.69) is 5.32 Å². The van der Waals surface area contributed by atoms with Gasteiger partial charge in [0.15, 0.2) is 5.76 Å². The van der Waals surface area contributed by atoms with Gasteiger partial charge in [0.2, 0.25) is 0 Å². The number of rotatable bonds is 5. The van der Waals surface area contributed by atoms with Gasteiger partial charge >= 0.3 is 5.97 Å². The summed E-state index contributed by atoms with van der Waals surface area (Å²) in [5, 5.41) is 11.9. The van der Waals surface area contributed by atoms with Crippen LogP contribution in [0, 0.1) is 5.82 Å². The molecule has 5 nitrogen and oxygen atoms in total. The summed E-state index contributed by atoms with van der Waals surface area (Å²) in [4.78, 5) is 23.5. The van der Waals surface area contributed by atoms with Gasteiger partial charge in [-0.15, -0.1) is 0 Å². The van der Waals surface area contributed by atoms with Crippen LogP contribution in [-0.2, 0) is 4.79 Å². The quantitative estimate of drug-likeness (QED) is 0.877. The van der Waals surface area contributed by atoms with Crippen molar-refractivity contribution >= 4 is 11.9 Å². The molecule has 1 fully saturated rings. The predicted octanol–water partition coefficient (Wildman–Crippen LogP) is 3.60. The maximum absolute atomic E-state index is 13.8. The van der Waals surface area contributed by atoms with Crippen molar-refractivity contribution in [3.8, 4) is 11.3 Å². The number of carbonyl (C=O) groups excluding carboxylic acids is 1. The first kappa shape index (κ1) is 16.2. The van der Waals surface area contributed by atoms with Crippen molar-refractivity contribution in [3.05, 3.63) is 48.0 Å². The zero-order chi connectivity index (χ0) is 17.2. The lowest BCUT2D eigenvalue weighted by Crippen LogP contribution is -2.47. The molecule has 0 bridgehead atoms. The first-order chi connectivity index (χ1) is 11.5. The monoisotopic (exact) mass is 331 g/mol. The molecule has 6 heteroatoms. The number of halogens is 1. The second-order valence-electron chi connectivity index (χ2n) is 6.16. The number of furan rings is 1. The highest BCUT2D eigenvalue weighted by Crippen LogP contribution is 2.33. The van der Waals surface area contributed by atoms with Crippen molar-refractivity contribution < 1.29 is 23.5 Å². The molecule has 0 radical (unpaired) electrons. The fourth-order valence-corrected chi connectivity index (χ4v) is 3.26. The molecule has 1 aliphatic carbocycles. The molecule has 1 saturated carbocycles.